The molecule has 2 aromatic rings. The van der Waals surface area contributed by atoms with Crippen LogP contribution in [0.3, 0.4) is 0 Å². The van der Waals surface area contributed by atoms with Crippen molar-refractivity contribution in [1.82, 2.24) is 4.98 Å². The minimum absolute atomic E-state index is 0.255. The zero-order chi connectivity index (χ0) is 14.9. The van der Waals surface area contributed by atoms with Crippen LogP contribution in [0.2, 0.25) is 0 Å². The summed E-state index contributed by atoms with van der Waals surface area (Å²) in [4.78, 5) is 5.20. The molecule has 0 radical (unpaired) electrons. The van der Waals surface area contributed by atoms with E-state index in [9.17, 15) is 13.2 Å². The van der Waals surface area contributed by atoms with Crippen molar-refractivity contribution in [1.29, 1.82) is 5.26 Å². The molecule has 0 spiro atoms. The largest absolute Gasteiger partial charge is 0.417 e. The van der Waals surface area contributed by atoms with Crippen LogP contribution in [-0.4, -0.2) is 4.98 Å². The number of nitrogens with one attached hydrogen (secondary N) is 1. The Morgan fingerprint density at radius 3 is 2.50 bits per heavy atom. The van der Waals surface area contributed by atoms with Crippen LogP contribution >= 0.6 is 11.3 Å². The number of benzene rings is 1. The molecule has 1 aromatic carbocycles. The molecule has 0 amide bonds. The van der Waals surface area contributed by atoms with Crippen molar-refractivity contribution in [2.45, 2.75) is 20.0 Å². The van der Waals surface area contributed by atoms with Crippen LogP contribution in [0.15, 0.2) is 18.2 Å². The standard InChI is InChI=1S/C13H10F3N3S/c1-7-8(2)20-12(18-7)19-10-4-3-9(6-17)11(5-10)13(14,15)16/h3-5H,1-2H3,(H,18,19). The number of aryl methyl sites for hydroxylation is 2. The molecule has 1 aromatic heterocycles. The molecule has 20 heavy (non-hydrogen) atoms. The summed E-state index contributed by atoms with van der Waals surface area (Å²) in [7, 11) is 0. The normalized spacial score (nSPS) is 11.2. The maximum Gasteiger partial charge on any atom is 0.417 e. The molecule has 0 saturated heterocycles. The third-order valence-corrected chi connectivity index (χ3v) is 3.71. The van der Waals surface area contributed by atoms with E-state index >= 15 is 0 Å². The van der Waals surface area contributed by atoms with Gasteiger partial charge < -0.3 is 5.32 Å². The topological polar surface area (TPSA) is 48.7 Å². The quantitative estimate of drug-likeness (QED) is 0.894. The van der Waals surface area contributed by atoms with Gasteiger partial charge in [0, 0.05) is 10.6 Å². The molecule has 3 nitrogen and oxygen atoms in total. The highest BCUT2D eigenvalue weighted by molar-refractivity contribution is 7.15. The highest BCUT2D eigenvalue weighted by Crippen LogP contribution is 2.34. The fourth-order valence-corrected chi connectivity index (χ4v) is 2.44. The summed E-state index contributed by atoms with van der Waals surface area (Å²) >= 11 is 1.36. The Kier molecular flexibility index (Phi) is 3.68. The van der Waals surface area contributed by atoms with Gasteiger partial charge in [-0.2, -0.15) is 18.4 Å². The van der Waals surface area contributed by atoms with E-state index in [1.165, 1.54) is 17.4 Å². The predicted octanol–water partition coefficient (Wildman–Crippen LogP) is 4.39. The summed E-state index contributed by atoms with van der Waals surface area (Å²) in [5.74, 6) is 0. The summed E-state index contributed by atoms with van der Waals surface area (Å²) in [5, 5.41) is 12.1. The molecule has 0 aliphatic heterocycles. The number of halogens is 3. The number of alkyl halides is 3. The van der Waals surface area contributed by atoms with Crippen molar-refractivity contribution < 1.29 is 13.2 Å². The lowest BCUT2D eigenvalue weighted by Gasteiger charge is -2.11. The fraction of sp³-hybridized carbons (Fsp3) is 0.231. The SMILES string of the molecule is Cc1nc(Nc2ccc(C#N)c(C(F)(F)F)c2)sc1C. The molecule has 0 unspecified atom stereocenters. The third kappa shape index (κ3) is 2.91. The van der Waals surface area contributed by atoms with Crippen LogP contribution < -0.4 is 5.32 Å². The summed E-state index contributed by atoms with van der Waals surface area (Å²) in [6.45, 7) is 3.72. The second-order valence-electron chi connectivity index (χ2n) is 4.16. The molecule has 0 aliphatic rings. The summed E-state index contributed by atoms with van der Waals surface area (Å²) in [5.41, 5.74) is -0.253. The van der Waals surface area contributed by atoms with E-state index < -0.39 is 17.3 Å². The van der Waals surface area contributed by atoms with E-state index in [0.29, 0.717) is 5.13 Å². The van der Waals surface area contributed by atoms with E-state index in [1.807, 2.05) is 13.8 Å². The molecule has 2 rings (SSSR count). The molecule has 0 fully saturated rings. The molecule has 0 bridgehead atoms. The van der Waals surface area contributed by atoms with Crippen LogP contribution in [0, 0.1) is 25.2 Å². The number of rotatable bonds is 2. The number of hydrogen-bond acceptors (Lipinski definition) is 4. The van der Waals surface area contributed by atoms with Gasteiger partial charge in [0.1, 0.15) is 0 Å². The van der Waals surface area contributed by atoms with Gasteiger partial charge in [-0.05, 0) is 32.0 Å². The van der Waals surface area contributed by atoms with Gasteiger partial charge in [0.05, 0.1) is 22.9 Å². The average Bonchev–Trinajstić information content (AvgIpc) is 2.67. The maximum absolute atomic E-state index is 12.8. The molecular weight excluding hydrogens is 287 g/mol. The van der Waals surface area contributed by atoms with Crippen molar-refractivity contribution in [3.63, 3.8) is 0 Å². The molecule has 0 aliphatic carbocycles. The van der Waals surface area contributed by atoms with Crippen LogP contribution in [0.5, 0.6) is 0 Å². The first-order valence-electron chi connectivity index (χ1n) is 5.63. The van der Waals surface area contributed by atoms with Crippen molar-refractivity contribution >= 4 is 22.2 Å². The minimum atomic E-state index is -4.56. The van der Waals surface area contributed by atoms with Crippen LogP contribution in [0.1, 0.15) is 21.7 Å². The van der Waals surface area contributed by atoms with Crippen molar-refractivity contribution in [2.24, 2.45) is 0 Å². The maximum atomic E-state index is 12.8. The molecule has 104 valence electrons. The highest BCUT2D eigenvalue weighted by atomic mass is 32.1. The van der Waals surface area contributed by atoms with E-state index in [1.54, 1.807) is 6.07 Å². The van der Waals surface area contributed by atoms with Crippen LogP contribution in [0.25, 0.3) is 0 Å². The molecular formula is C13H10F3N3S. The van der Waals surface area contributed by atoms with Gasteiger partial charge in [0.15, 0.2) is 5.13 Å². The molecule has 0 atom stereocenters. The zero-order valence-electron chi connectivity index (χ0n) is 10.7. The predicted molar refractivity (Wildman–Crippen MR) is 71.0 cm³/mol. The van der Waals surface area contributed by atoms with Crippen molar-refractivity contribution in [3.05, 3.63) is 39.9 Å². The minimum Gasteiger partial charge on any atom is -0.332 e. The monoisotopic (exact) mass is 297 g/mol. The van der Waals surface area contributed by atoms with Crippen LogP contribution in [-0.2, 0) is 6.18 Å². The van der Waals surface area contributed by atoms with E-state index in [-0.39, 0.29) is 5.69 Å². The van der Waals surface area contributed by atoms with Gasteiger partial charge >= 0.3 is 6.18 Å². The third-order valence-electron chi connectivity index (χ3n) is 2.73. The van der Waals surface area contributed by atoms with Gasteiger partial charge in [-0.1, -0.05) is 0 Å². The zero-order valence-corrected chi connectivity index (χ0v) is 11.5. The molecule has 1 heterocycles. The Hall–Kier alpha value is -2.07. The smallest absolute Gasteiger partial charge is 0.332 e. The number of nitriles is 1. The molecule has 0 saturated carbocycles. The van der Waals surface area contributed by atoms with Crippen molar-refractivity contribution in [2.75, 3.05) is 5.32 Å². The lowest BCUT2D eigenvalue weighted by molar-refractivity contribution is -0.137. The van der Waals surface area contributed by atoms with Gasteiger partial charge in [-0.3, -0.25) is 0 Å². The molecule has 7 heteroatoms. The Bertz CT molecular complexity index is 664. The Morgan fingerprint density at radius 2 is 2.00 bits per heavy atom. The second-order valence-corrected chi connectivity index (χ2v) is 5.36. The van der Waals surface area contributed by atoms with Crippen LogP contribution in [0.4, 0.5) is 24.0 Å². The van der Waals surface area contributed by atoms with E-state index in [2.05, 4.69) is 10.3 Å². The summed E-state index contributed by atoms with van der Waals surface area (Å²) < 4.78 is 38.5. The highest BCUT2D eigenvalue weighted by Gasteiger charge is 2.33. The second kappa shape index (κ2) is 5.13. The van der Waals surface area contributed by atoms with Crippen molar-refractivity contribution in [3.8, 4) is 6.07 Å². The number of nitrogens with zero attached hydrogens (tertiary/aromatic N) is 2. The summed E-state index contributed by atoms with van der Waals surface area (Å²) in [6.07, 6.45) is -4.56. The number of aromatic nitrogens is 1. The fourth-order valence-electron chi connectivity index (χ4n) is 1.60. The van der Waals surface area contributed by atoms with Gasteiger partial charge in [0.2, 0.25) is 0 Å². The van der Waals surface area contributed by atoms with Gasteiger partial charge in [0.25, 0.3) is 0 Å². The van der Waals surface area contributed by atoms with E-state index in [4.69, 9.17) is 5.26 Å². The lowest BCUT2D eigenvalue weighted by atomic mass is 10.1. The Morgan fingerprint density at radius 1 is 1.30 bits per heavy atom. The number of anilines is 2. The number of thiazole rings is 1. The first-order chi connectivity index (χ1) is 9.31. The molecule has 1 N–H and O–H groups in total. The van der Waals surface area contributed by atoms with Gasteiger partial charge in [-0.15, -0.1) is 11.3 Å². The summed E-state index contributed by atoms with van der Waals surface area (Å²) in [6, 6.07) is 5.05. The lowest BCUT2D eigenvalue weighted by Crippen LogP contribution is -2.08. The number of hydrogen-bond donors (Lipinski definition) is 1. The Labute approximate surface area is 117 Å². The Balaban J connectivity index is 2.37. The average molecular weight is 297 g/mol. The van der Waals surface area contributed by atoms with Gasteiger partial charge in [-0.25, -0.2) is 4.98 Å². The first kappa shape index (κ1) is 14.3. The first-order valence-corrected chi connectivity index (χ1v) is 6.45. The van der Waals surface area contributed by atoms with E-state index in [0.717, 1.165) is 22.7 Å².